The first-order valence-electron chi connectivity index (χ1n) is 10.0. The molecule has 0 aliphatic rings. The van der Waals surface area contributed by atoms with E-state index in [1.54, 1.807) is 19.4 Å². The molecule has 0 bridgehead atoms. The van der Waals surface area contributed by atoms with Crippen molar-refractivity contribution in [2.24, 2.45) is 5.92 Å². The van der Waals surface area contributed by atoms with Gasteiger partial charge in [0.2, 0.25) is 5.91 Å². The highest BCUT2D eigenvalue weighted by molar-refractivity contribution is 6.01. The lowest BCUT2D eigenvalue weighted by Crippen LogP contribution is -2.50. The molecule has 2 heterocycles. The Hall–Kier alpha value is -3.80. The summed E-state index contributed by atoms with van der Waals surface area (Å²) in [5.41, 5.74) is 1.83. The first-order chi connectivity index (χ1) is 14.9. The number of amides is 2. The molecule has 162 valence electrons. The van der Waals surface area contributed by atoms with Crippen LogP contribution in [0.3, 0.4) is 0 Å². The summed E-state index contributed by atoms with van der Waals surface area (Å²) in [7, 11) is 1.57. The van der Waals surface area contributed by atoms with E-state index in [1.165, 1.54) is 6.33 Å². The van der Waals surface area contributed by atoms with Gasteiger partial charge in [0.05, 0.1) is 19.5 Å². The Labute approximate surface area is 180 Å². The molecule has 3 aromatic rings. The van der Waals surface area contributed by atoms with E-state index in [1.807, 2.05) is 32.0 Å². The number of benzene rings is 1. The summed E-state index contributed by atoms with van der Waals surface area (Å²) >= 11 is 0. The topological polar surface area (TPSA) is 136 Å². The van der Waals surface area contributed by atoms with Gasteiger partial charge in [0.1, 0.15) is 23.5 Å². The molecule has 0 saturated carbocycles. The lowest BCUT2D eigenvalue weighted by atomic mass is 10.0. The van der Waals surface area contributed by atoms with Gasteiger partial charge in [-0.3, -0.25) is 9.59 Å². The third kappa shape index (κ3) is 5.42. The Balaban J connectivity index is 1.73. The SMILES string of the molecule is COc1cccc2[nH]c(C(=O)NC(CC(C)C)C(=O)NC(C#N)Cc3cnc[nH]3)cc12. The number of hydrogen-bond donors (Lipinski definition) is 4. The number of nitriles is 1. The first-order valence-corrected chi connectivity index (χ1v) is 10.0. The second-order valence-corrected chi connectivity index (χ2v) is 7.73. The molecule has 0 saturated heterocycles. The summed E-state index contributed by atoms with van der Waals surface area (Å²) in [6, 6.07) is 7.75. The highest BCUT2D eigenvalue weighted by Crippen LogP contribution is 2.26. The van der Waals surface area contributed by atoms with E-state index in [4.69, 9.17) is 4.74 Å². The largest absolute Gasteiger partial charge is 0.496 e. The van der Waals surface area contributed by atoms with Gasteiger partial charge in [-0.05, 0) is 30.5 Å². The molecule has 2 unspecified atom stereocenters. The quantitative estimate of drug-likeness (QED) is 0.419. The number of imidazole rings is 1. The van der Waals surface area contributed by atoms with E-state index in [9.17, 15) is 14.9 Å². The van der Waals surface area contributed by atoms with E-state index in [-0.39, 0.29) is 5.92 Å². The number of methoxy groups -OCH3 is 1. The van der Waals surface area contributed by atoms with Gasteiger partial charge in [-0.25, -0.2) is 4.98 Å². The summed E-state index contributed by atoms with van der Waals surface area (Å²) in [5, 5.41) is 15.7. The molecule has 0 aliphatic heterocycles. The molecular weight excluding hydrogens is 396 g/mol. The van der Waals surface area contributed by atoms with Gasteiger partial charge >= 0.3 is 0 Å². The second kappa shape index (κ2) is 9.80. The number of H-pyrrole nitrogens is 2. The van der Waals surface area contributed by atoms with Crippen molar-refractivity contribution < 1.29 is 14.3 Å². The Morgan fingerprint density at radius 2 is 2.10 bits per heavy atom. The van der Waals surface area contributed by atoms with Crippen LogP contribution in [0, 0.1) is 17.2 Å². The lowest BCUT2D eigenvalue weighted by Gasteiger charge is -2.21. The van der Waals surface area contributed by atoms with Crippen LogP contribution in [0.1, 0.15) is 36.5 Å². The third-order valence-electron chi connectivity index (χ3n) is 4.87. The molecule has 3 rings (SSSR count). The van der Waals surface area contributed by atoms with Gasteiger partial charge in [0.25, 0.3) is 5.91 Å². The lowest BCUT2D eigenvalue weighted by molar-refractivity contribution is -0.123. The molecule has 1 aromatic carbocycles. The fourth-order valence-corrected chi connectivity index (χ4v) is 3.38. The molecule has 0 fully saturated rings. The van der Waals surface area contributed by atoms with Crippen molar-refractivity contribution in [3.63, 3.8) is 0 Å². The van der Waals surface area contributed by atoms with E-state index in [0.29, 0.717) is 24.3 Å². The third-order valence-corrected chi connectivity index (χ3v) is 4.87. The maximum Gasteiger partial charge on any atom is 0.268 e. The maximum atomic E-state index is 12.9. The summed E-state index contributed by atoms with van der Waals surface area (Å²) < 4.78 is 5.34. The maximum absolute atomic E-state index is 12.9. The molecule has 0 aliphatic carbocycles. The van der Waals surface area contributed by atoms with Crippen molar-refractivity contribution in [2.75, 3.05) is 7.11 Å². The van der Waals surface area contributed by atoms with Crippen molar-refractivity contribution in [3.05, 3.63) is 48.2 Å². The van der Waals surface area contributed by atoms with E-state index in [0.717, 1.165) is 16.6 Å². The Morgan fingerprint density at radius 1 is 1.29 bits per heavy atom. The van der Waals surface area contributed by atoms with Gasteiger partial charge < -0.3 is 25.3 Å². The molecule has 9 nitrogen and oxygen atoms in total. The predicted octanol–water partition coefficient (Wildman–Crippen LogP) is 2.30. The van der Waals surface area contributed by atoms with Gasteiger partial charge in [0.15, 0.2) is 0 Å². The molecule has 0 spiro atoms. The smallest absolute Gasteiger partial charge is 0.268 e. The average molecular weight is 422 g/mol. The number of aromatic nitrogens is 3. The van der Waals surface area contributed by atoms with Crippen molar-refractivity contribution in [3.8, 4) is 11.8 Å². The van der Waals surface area contributed by atoms with Crippen molar-refractivity contribution in [2.45, 2.75) is 38.8 Å². The number of hydrogen-bond acceptors (Lipinski definition) is 5. The minimum absolute atomic E-state index is 0.159. The zero-order valence-electron chi connectivity index (χ0n) is 17.7. The summed E-state index contributed by atoms with van der Waals surface area (Å²) in [4.78, 5) is 35.7. The van der Waals surface area contributed by atoms with E-state index in [2.05, 4.69) is 31.7 Å². The van der Waals surface area contributed by atoms with Gasteiger partial charge in [-0.1, -0.05) is 19.9 Å². The fourth-order valence-electron chi connectivity index (χ4n) is 3.38. The molecule has 4 N–H and O–H groups in total. The monoisotopic (exact) mass is 422 g/mol. The number of ether oxygens (including phenoxy) is 1. The Morgan fingerprint density at radius 3 is 2.74 bits per heavy atom. The van der Waals surface area contributed by atoms with Crippen LogP contribution < -0.4 is 15.4 Å². The molecule has 2 aromatic heterocycles. The van der Waals surface area contributed by atoms with Crippen molar-refractivity contribution >= 4 is 22.7 Å². The van der Waals surface area contributed by atoms with Crippen LogP contribution in [0.25, 0.3) is 10.9 Å². The van der Waals surface area contributed by atoms with Crippen LogP contribution in [0.4, 0.5) is 0 Å². The molecular formula is C22H26N6O3. The number of aromatic amines is 2. The van der Waals surface area contributed by atoms with E-state index >= 15 is 0 Å². The molecule has 9 heteroatoms. The molecule has 0 radical (unpaired) electrons. The molecule has 31 heavy (non-hydrogen) atoms. The van der Waals surface area contributed by atoms with E-state index < -0.39 is 23.9 Å². The second-order valence-electron chi connectivity index (χ2n) is 7.73. The zero-order valence-corrected chi connectivity index (χ0v) is 17.7. The molecule has 2 atom stereocenters. The van der Waals surface area contributed by atoms with Gasteiger partial charge in [-0.2, -0.15) is 5.26 Å². The number of fused-ring (bicyclic) bond motifs is 1. The standard InChI is InChI=1S/C22H26N6O3/c1-13(2)7-18(21(29)26-14(10-23)8-15-11-24-12-25-15)28-22(30)19-9-16-17(27-19)5-4-6-20(16)31-3/h4-6,9,11-14,18,27H,7-8H2,1-3H3,(H,24,25)(H,26,29)(H,28,30). The number of nitrogens with zero attached hydrogens (tertiary/aromatic N) is 2. The van der Waals surface area contributed by atoms with Gasteiger partial charge in [-0.15, -0.1) is 0 Å². The number of rotatable bonds is 9. The number of nitrogens with one attached hydrogen (secondary N) is 4. The number of carbonyl (C=O) groups excluding carboxylic acids is 2. The highest BCUT2D eigenvalue weighted by atomic mass is 16.5. The van der Waals surface area contributed by atoms with Crippen LogP contribution in [0.15, 0.2) is 36.8 Å². The van der Waals surface area contributed by atoms with Crippen LogP contribution in [0.5, 0.6) is 5.75 Å². The van der Waals surface area contributed by atoms with Crippen LogP contribution >= 0.6 is 0 Å². The van der Waals surface area contributed by atoms with Crippen LogP contribution in [0.2, 0.25) is 0 Å². The van der Waals surface area contributed by atoms with Crippen LogP contribution in [-0.4, -0.2) is 46.0 Å². The Kier molecular flexibility index (Phi) is 6.92. The number of carbonyl (C=O) groups is 2. The first kappa shape index (κ1) is 21.9. The highest BCUT2D eigenvalue weighted by Gasteiger charge is 2.25. The Bertz CT molecular complexity index is 1080. The van der Waals surface area contributed by atoms with Crippen molar-refractivity contribution in [1.82, 2.24) is 25.6 Å². The fraction of sp³-hybridized carbons (Fsp3) is 0.364. The normalized spacial score (nSPS) is 12.9. The molecule has 2 amide bonds. The predicted molar refractivity (Wildman–Crippen MR) is 115 cm³/mol. The summed E-state index contributed by atoms with van der Waals surface area (Å²) in [6.45, 7) is 3.93. The van der Waals surface area contributed by atoms with Crippen LogP contribution in [-0.2, 0) is 11.2 Å². The minimum atomic E-state index is -0.779. The average Bonchev–Trinajstić information content (AvgIpc) is 3.41. The zero-order chi connectivity index (χ0) is 22.4. The van der Waals surface area contributed by atoms with Crippen molar-refractivity contribution in [1.29, 1.82) is 5.26 Å². The van der Waals surface area contributed by atoms with Gasteiger partial charge in [0, 0.05) is 29.2 Å². The summed E-state index contributed by atoms with van der Waals surface area (Å²) in [5.74, 6) is 0.00915. The minimum Gasteiger partial charge on any atom is -0.496 e. The summed E-state index contributed by atoms with van der Waals surface area (Å²) in [6.07, 6.45) is 3.85.